The van der Waals surface area contributed by atoms with Crippen LogP contribution in [0.25, 0.3) is 93.6 Å². The highest BCUT2D eigenvalue weighted by Crippen LogP contribution is 2.41. The summed E-state index contributed by atoms with van der Waals surface area (Å²) < 4.78 is 9.07. The number of fused-ring (bicyclic) bond motifs is 8. The fourth-order valence-corrected chi connectivity index (χ4v) is 9.20. The van der Waals surface area contributed by atoms with Gasteiger partial charge in [0, 0.05) is 55.7 Å². The highest BCUT2D eigenvalue weighted by atomic mass is 16.3. The molecule has 0 N–H and O–H groups in total. The summed E-state index contributed by atoms with van der Waals surface area (Å²) in [6.45, 7) is 0. The van der Waals surface area contributed by atoms with Crippen molar-refractivity contribution in [3.05, 3.63) is 231 Å². The van der Waals surface area contributed by atoms with E-state index in [1.54, 1.807) is 0 Å². The van der Waals surface area contributed by atoms with Crippen molar-refractivity contribution in [1.82, 2.24) is 4.57 Å². The number of hydrogen-bond acceptors (Lipinski definition) is 2. The number of hydrogen-bond donors (Lipinski definition) is 0. The van der Waals surface area contributed by atoms with E-state index >= 15 is 0 Å². The zero-order valence-corrected chi connectivity index (χ0v) is 33.2. The van der Waals surface area contributed by atoms with Gasteiger partial charge >= 0.3 is 0 Å². The Bertz CT molecular complexity index is 3510. The molecule has 3 nitrogen and oxygen atoms in total. The maximum Gasteiger partial charge on any atom is 0.143 e. The third-order valence-electron chi connectivity index (χ3n) is 12.2. The van der Waals surface area contributed by atoms with Crippen molar-refractivity contribution in [3.8, 4) is 39.1 Å². The molecule has 3 heteroatoms. The lowest BCUT2D eigenvalue weighted by atomic mass is 10.00. The third-order valence-corrected chi connectivity index (χ3v) is 12.2. The van der Waals surface area contributed by atoms with Crippen molar-refractivity contribution in [1.29, 1.82) is 0 Å². The summed E-state index contributed by atoms with van der Waals surface area (Å²) in [4.78, 5) is 2.32. The minimum atomic E-state index is 0.863. The van der Waals surface area contributed by atoms with Crippen LogP contribution in [0.15, 0.2) is 235 Å². The number of aromatic nitrogens is 1. The van der Waals surface area contributed by atoms with Gasteiger partial charge in [0.2, 0.25) is 0 Å². The van der Waals surface area contributed by atoms with E-state index in [9.17, 15) is 0 Å². The molecule has 0 unspecified atom stereocenters. The molecule has 2 heterocycles. The Morgan fingerprint density at radius 3 is 1.46 bits per heavy atom. The van der Waals surface area contributed by atoms with Crippen molar-refractivity contribution in [2.45, 2.75) is 0 Å². The molecular formula is C58H38N2O. The average Bonchev–Trinajstić information content (AvgIpc) is 3.88. The first-order chi connectivity index (χ1) is 30.2. The van der Waals surface area contributed by atoms with Crippen LogP contribution in [0.5, 0.6) is 0 Å². The lowest BCUT2D eigenvalue weighted by Gasteiger charge is -2.26. The van der Waals surface area contributed by atoms with E-state index in [1.165, 1.54) is 49.4 Å². The Hall–Kier alpha value is -8.14. The van der Waals surface area contributed by atoms with Gasteiger partial charge in [0.25, 0.3) is 0 Å². The SMILES string of the molecule is c1ccc(-c2ccc(-c3ccc(N(c4ccc(-c5cccc(-n6c7ccccc7c7ccccc76)c5)cc4)c4ccc5c(c4)oc4c6ccccc6ccc54)cc3)cc2)cc1. The van der Waals surface area contributed by atoms with E-state index < -0.39 is 0 Å². The van der Waals surface area contributed by atoms with E-state index in [1.807, 2.05) is 0 Å². The lowest BCUT2D eigenvalue weighted by molar-refractivity contribution is 0.672. The Kier molecular flexibility index (Phi) is 8.17. The number of para-hydroxylation sites is 2. The minimum absolute atomic E-state index is 0.863. The Morgan fingerprint density at radius 1 is 0.311 bits per heavy atom. The third kappa shape index (κ3) is 5.98. The Balaban J connectivity index is 0.936. The van der Waals surface area contributed by atoms with Crippen LogP contribution in [0.2, 0.25) is 0 Å². The van der Waals surface area contributed by atoms with Crippen LogP contribution in [0.3, 0.4) is 0 Å². The van der Waals surface area contributed by atoms with Crippen LogP contribution < -0.4 is 4.90 Å². The predicted molar refractivity (Wildman–Crippen MR) is 257 cm³/mol. The summed E-state index contributed by atoms with van der Waals surface area (Å²) in [6, 6.07) is 82.8. The number of furan rings is 1. The van der Waals surface area contributed by atoms with Crippen LogP contribution in [-0.2, 0) is 0 Å². The average molecular weight is 779 g/mol. The molecule has 0 aliphatic heterocycles. The van der Waals surface area contributed by atoms with E-state index in [0.717, 1.165) is 61.2 Å². The molecule has 0 amide bonds. The maximum atomic E-state index is 6.69. The van der Waals surface area contributed by atoms with Crippen LogP contribution in [0.1, 0.15) is 0 Å². The molecule has 0 aliphatic rings. The molecule has 12 aromatic rings. The summed E-state index contributed by atoms with van der Waals surface area (Å²) in [5.41, 5.74) is 15.6. The van der Waals surface area contributed by atoms with Gasteiger partial charge < -0.3 is 13.9 Å². The van der Waals surface area contributed by atoms with Gasteiger partial charge in [-0.3, -0.25) is 0 Å². The summed E-state index contributed by atoms with van der Waals surface area (Å²) in [6.07, 6.45) is 0. The Morgan fingerprint density at radius 2 is 0.803 bits per heavy atom. The van der Waals surface area contributed by atoms with Crippen molar-refractivity contribution in [2.75, 3.05) is 4.90 Å². The molecule has 0 saturated carbocycles. The standard InChI is InChI=1S/C58H38N2O/c1-2-11-39(12-3-1)40-21-23-41(24-22-40)42-25-30-46(31-26-42)59(49-34-36-53-54-35-29-44-13-4-5-16-50(44)58(54)61-57(53)38-49)47-32-27-43(28-33-47)45-14-10-15-48(37-45)60-55-19-8-6-17-51(55)52-18-7-9-20-56(52)60/h1-38H. The van der Waals surface area contributed by atoms with Gasteiger partial charge in [-0.2, -0.15) is 0 Å². The molecule has 286 valence electrons. The zero-order chi connectivity index (χ0) is 40.3. The summed E-state index contributed by atoms with van der Waals surface area (Å²) in [5.74, 6) is 0. The van der Waals surface area contributed by atoms with Crippen molar-refractivity contribution in [2.24, 2.45) is 0 Å². The molecule has 61 heavy (non-hydrogen) atoms. The largest absolute Gasteiger partial charge is 0.455 e. The summed E-state index contributed by atoms with van der Waals surface area (Å²) >= 11 is 0. The number of rotatable bonds is 7. The van der Waals surface area contributed by atoms with Crippen molar-refractivity contribution < 1.29 is 4.42 Å². The second-order valence-corrected chi connectivity index (χ2v) is 15.7. The monoisotopic (exact) mass is 778 g/mol. The molecule has 10 aromatic carbocycles. The number of benzene rings is 10. The molecule has 0 bridgehead atoms. The number of anilines is 3. The van der Waals surface area contributed by atoms with Gasteiger partial charge in [-0.05, 0) is 105 Å². The second-order valence-electron chi connectivity index (χ2n) is 15.7. The first-order valence-corrected chi connectivity index (χ1v) is 20.8. The molecule has 0 radical (unpaired) electrons. The second kappa shape index (κ2) is 14.3. The quantitative estimate of drug-likeness (QED) is 0.161. The minimum Gasteiger partial charge on any atom is -0.455 e. The van der Waals surface area contributed by atoms with Gasteiger partial charge in [-0.1, -0.05) is 158 Å². The first kappa shape index (κ1) is 34.9. The van der Waals surface area contributed by atoms with Gasteiger partial charge in [-0.25, -0.2) is 0 Å². The first-order valence-electron chi connectivity index (χ1n) is 20.8. The van der Waals surface area contributed by atoms with Crippen LogP contribution >= 0.6 is 0 Å². The van der Waals surface area contributed by atoms with Crippen molar-refractivity contribution in [3.63, 3.8) is 0 Å². The molecule has 0 atom stereocenters. The van der Waals surface area contributed by atoms with Gasteiger partial charge in [0.05, 0.1) is 11.0 Å². The molecule has 0 fully saturated rings. The molecular weight excluding hydrogens is 741 g/mol. The highest BCUT2D eigenvalue weighted by Gasteiger charge is 2.18. The zero-order valence-electron chi connectivity index (χ0n) is 33.2. The van der Waals surface area contributed by atoms with Gasteiger partial charge in [0.1, 0.15) is 11.2 Å². The topological polar surface area (TPSA) is 21.3 Å². The summed E-state index contributed by atoms with van der Waals surface area (Å²) in [7, 11) is 0. The Labute approximate surface area is 353 Å². The predicted octanol–water partition coefficient (Wildman–Crippen LogP) is 16.3. The van der Waals surface area contributed by atoms with E-state index in [2.05, 4.69) is 240 Å². The fraction of sp³-hybridized carbons (Fsp3) is 0. The fourth-order valence-electron chi connectivity index (χ4n) is 9.20. The van der Waals surface area contributed by atoms with E-state index in [4.69, 9.17) is 4.42 Å². The highest BCUT2D eigenvalue weighted by molar-refractivity contribution is 6.15. The normalized spacial score (nSPS) is 11.6. The molecule has 0 saturated heterocycles. The number of nitrogens with zero attached hydrogens (tertiary/aromatic N) is 2. The summed E-state index contributed by atoms with van der Waals surface area (Å²) in [5, 5.41) is 7.05. The molecule has 0 spiro atoms. The van der Waals surface area contributed by atoms with E-state index in [0.29, 0.717) is 0 Å². The molecule has 0 aliphatic carbocycles. The van der Waals surface area contributed by atoms with Crippen LogP contribution in [-0.4, -0.2) is 4.57 Å². The maximum absolute atomic E-state index is 6.69. The van der Waals surface area contributed by atoms with E-state index in [-0.39, 0.29) is 0 Å². The van der Waals surface area contributed by atoms with Crippen LogP contribution in [0.4, 0.5) is 17.1 Å². The van der Waals surface area contributed by atoms with Crippen molar-refractivity contribution >= 4 is 71.6 Å². The lowest BCUT2D eigenvalue weighted by Crippen LogP contribution is -2.09. The van der Waals surface area contributed by atoms with Gasteiger partial charge in [0.15, 0.2) is 0 Å². The molecule has 12 rings (SSSR count). The van der Waals surface area contributed by atoms with Gasteiger partial charge in [-0.15, -0.1) is 0 Å². The van der Waals surface area contributed by atoms with Crippen LogP contribution in [0, 0.1) is 0 Å². The smallest absolute Gasteiger partial charge is 0.143 e. The molecule has 2 aromatic heterocycles.